The van der Waals surface area contributed by atoms with Crippen molar-refractivity contribution in [3.63, 3.8) is 0 Å². The van der Waals surface area contributed by atoms with Crippen LogP contribution in [-0.4, -0.2) is 22.6 Å². The van der Waals surface area contributed by atoms with E-state index in [9.17, 15) is 0 Å². The standard InChI is InChI=1S/C9H15BrN4/c1-4-14(6(2)3)9-12-7(10)5-8(11)13-9/h5-6H,4H2,1-3H3,(H2,11,12,13). The minimum Gasteiger partial charge on any atom is -0.383 e. The number of hydrogen-bond acceptors (Lipinski definition) is 4. The van der Waals surface area contributed by atoms with Gasteiger partial charge in [-0.05, 0) is 36.7 Å². The van der Waals surface area contributed by atoms with Crippen LogP contribution in [-0.2, 0) is 0 Å². The lowest BCUT2D eigenvalue weighted by Crippen LogP contribution is -2.32. The molecule has 0 unspecified atom stereocenters. The van der Waals surface area contributed by atoms with Crippen LogP contribution in [0.2, 0.25) is 0 Å². The van der Waals surface area contributed by atoms with Gasteiger partial charge in [0.15, 0.2) is 0 Å². The minimum atomic E-state index is 0.369. The van der Waals surface area contributed by atoms with E-state index < -0.39 is 0 Å². The number of aromatic nitrogens is 2. The fraction of sp³-hybridized carbons (Fsp3) is 0.556. The molecule has 0 saturated heterocycles. The van der Waals surface area contributed by atoms with E-state index in [0.717, 1.165) is 11.1 Å². The molecule has 2 N–H and O–H groups in total. The fourth-order valence-electron chi connectivity index (χ4n) is 1.29. The van der Waals surface area contributed by atoms with Crippen LogP contribution in [0.3, 0.4) is 0 Å². The van der Waals surface area contributed by atoms with E-state index in [1.54, 1.807) is 6.07 Å². The Bertz CT molecular complexity index is 293. The van der Waals surface area contributed by atoms with Gasteiger partial charge < -0.3 is 10.6 Å². The van der Waals surface area contributed by atoms with Crippen molar-refractivity contribution in [2.75, 3.05) is 17.2 Å². The van der Waals surface area contributed by atoms with Gasteiger partial charge in [0.1, 0.15) is 10.4 Å². The highest BCUT2D eigenvalue weighted by Gasteiger charge is 2.12. The van der Waals surface area contributed by atoms with Crippen molar-refractivity contribution in [3.05, 3.63) is 10.7 Å². The summed E-state index contributed by atoms with van der Waals surface area (Å²) in [5, 5.41) is 0. The molecule has 1 aromatic rings. The predicted molar refractivity (Wildman–Crippen MR) is 62.3 cm³/mol. The molecule has 1 aromatic heterocycles. The molecular formula is C9H15BrN4. The SMILES string of the molecule is CCN(c1nc(N)cc(Br)n1)C(C)C. The maximum atomic E-state index is 5.64. The Hall–Kier alpha value is -0.840. The normalized spacial score (nSPS) is 10.6. The number of nitrogens with two attached hydrogens (primary N) is 1. The van der Waals surface area contributed by atoms with Gasteiger partial charge in [0.05, 0.1) is 0 Å². The molecule has 0 aliphatic heterocycles. The number of nitrogen functional groups attached to an aromatic ring is 1. The highest BCUT2D eigenvalue weighted by Crippen LogP contribution is 2.17. The van der Waals surface area contributed by atoms with E-state index in [-0.39, 0.29) is 0 Å². The topological polar surface area (TPSA) is 55.0 Å². The lowest BCUT2D eigenvalue weighted by molar-refractivity contribution is 0.680. The molecular weight excluding hydrogens is 244 g/mol. The van der Waals surface area contributed by atoms with Crippen LogP contribution in [0.4, 0.5) is 11.8 Å². The van der Waals surface area contributed by atoms with Gasteiger partial charge in [-0.3, -0.25) is 0 Å². The highest BCUT2D eigenvalue weighted by atomic mass is 79.9. The first kappa shape index (κ1) is 11.2. The molecule has 0 aromatic carbocycles. The van der Waals surface area contributed by atoms with E-state index in [1.807, 2.05) is 0 Å². The molecule has 78 valence electrons. The molecule has 0 saturated carbocycles. The smallest absolute Gasteiger partial charge is 0.228 e. The van der Waals surface area contributed by atoms with Crippen LogP contribution in [0, 0.1) is 0 Å². The van der Waals surface area contributed by atoms with Gasteiger partial charge in [-0.15, -0.1) is 0 Å². The zero-order valence-electron chi connectivity index (χ0n) is 8.66. The van der Waals surface area contributed by atoms with Gasteiger partial charge in [-0.2, -0.15) is 4.98 Å². The van der Waals surface area contributed by atoms with Gasteiger partial charge in [0.2, 0.25) is 5.95 Å². The van der Waals surface area contributed by atoms with Crippen LogP contribution < -0.4 is 10.6 Å². The zero-order valence-corrected chi connectivity index (χ0v) is 10.2. The fourth-order valence-corrected chi connectivity index (χ4v) is 1.68. The Labute approximate surface area is 92.7 Å². The summed E-state index contributed by atoms with van der Waals surface area (Å²) in [6.07, 6.45) is 0. The van der Waals surface area contributed by atoms with Crippen LogP contribution >= 0.6 is 15.9 Å². The van der Waals surface area contributed by atoms with Crippen molar-refractivity contribution in [2.24, 2.45) is 0 Å². The second-order valence-corrected chi connectivity index (χ2v) is 4.11. The average Bonchev–Trinajstić information content (AvgIpc) is 2.02. The molecule has 0 spiro atoms. The van der Waals surface area contributed by atoms with E-state index in [2.05, 4.69) is 51.6 Å². The van der Waals surface area contributed by atoms with Crippen molar-refractivity contribution in [1.82, 2.24) is 9.97 Å². The van der Waals surface area contributed by atoms with E-state index in [0.29, 0.717) is 17.8 Å². The summed E-state index contributed by atoms with van der Waals surface area (Å²) in [4.78, 5) is 10.6. The van der Waals surface area contributed by atoms with E-state index in [4.69, 9.17) is 5.73 Å². The highest BCUT2D eigenvalue weighted by molar-refractivity contribution is 9.10. The van der Waals surface area contributed by atoms with Crippen LogP contribution in [0.25, 0.3) is 0 Å². The maximum Gasteiger partial charge on any atom is 0.228 e. The molecule has 14 heavy (non-hydrogen) atoms. The molecule has 1 heterocycles. The lowest BCUT2D eigenvalue weighted by atomic mass is 10.3. The molecule has 0 aliphatic carbocycles. The maximum absolute atomic E-state index is 5.64. The summed E-state index contributed by atoms with van der Waals surface area (Å²) in [5.41, 5.74) is 5.64. The van der Waals surface area contributed by atoms with Crippen molar-refractivity contribution in [1.29, 1.82) is 0 Å². The summed E-state index contributed by atoms with van der Waals surface area (Å²) in [7, 11) is 0. The quantitative estimate of drug-likeness (QED) is 0.844. The molecule has 0 fully saturated rings. The first-order valence-corrected chi connectivity index (χ1v) is 5.40. The third-order valence-electron chi connectivity index (χ3n) is 1.92. The molecule has 0 radical (unpaired) electrons. The van der Waals surface area contributed by atoms with Crippen molar-refractivity contribution in [3.8, 4) is 0 Å². The van der Waals surface area contributed by atoms with Gasteiger partial charge >= 0.3 is 0 Å². The van der Waals surface area contributed by atoms with Crippen molar-refractivity contribution >= 4 is 27.7 Å². The summed E-state index contributed by atoms with van der Waals surface area (Å²) >= 11 is 3.30. The van der Waals surface area contributed by atoms with Crippen LogP contribution in [0.5, 0.6) is 0 Å². The summed E-state index contributed by atoms with van der Waals surface area (Å²) in [6.45, 7) is 7.14. The Morgan fingerprint density at radius 1 is 1.50 bits per heavy atom. The largest absolute Gasteiger partial charge is 0.383 e. The van der Waals surface area contributed by atoms with E-state index in [1.165, 1.54) is 0 Å². The Kier molecular flexibility index (Phi) is 3.69. The first-order chi connectivity index (χ1) is 6.54. The molecule has 1 rings (SSSR count). The Morgan fingerprint density at radius 3 is 2.57 bits per heavy atom. The lowest BCUT2D eigenvalue weighted by Gasteiger charge is -2.25. The molecule has 4 nitrogen and oxygen atoms in total. The summed E-state index contributed by atoms with van der Waals surface area (Å²) in [5.74, 6) is 1.16. The summed E-state index contributed by atoms with van der Waals surface area (Å²) < 4.78 is 0.721. The number of anilines is 2. The predicted octanol–water partition coefficient (Wildman–Crippen LogP) is 2.06. The van der Waals surface area contributed by atoms with Gasteiger partial charge in [0.25, 0.3) is 0 Å². The van der Waals surface area contributed by atoms with Crippen molar-refractivity contribution in [2.45, 2.75) is 26.8 Å². The van der Waals surface area contributed by atoms with Crippen molar-refractivity contribution < 1.29 is 0 Å². The number of rotatable bonds is 3. The van der Waals surface area contributed by atoms with Crippen LogP contribution in [0.1, 0.15) is 20.8 Å². The minimum absolute atomic E-state index is 0.369. The third kappa shape index (κ3) is 2.57. The number of hydrogen-bond donors (Lipinski definition) is 1. The van der Waals surface area contributed by atoms with Gasteiger partial charge in [0, 0.05) is 18.7 Å². The Balaban J connectivity index is 3.04. The van der Waals surface area contributed by atoms with Gasteiger partial charge in [-0.25, -0.2) is 4.98 Å². The second kappa shape index (κ2) is 4.59. The molecule has 0 amide bonds. The molecule has 5 heteroatoms. The second-order valence-electron chi connectivity index (χ2n) is 3.30. The average molecular weight is 259 g/mol. The number of nitrogens with zero attached hydrogens (tertiary/aromatic N) is 3. The third-order valence-corrected chi connectivity index (χ3v) is 2.33. The first-order valence-electron chi connectivity index (χ1n) is 4.61. The van der Waals surface area contributed by atoms with Crippen LogP contribution in [0.15, 0.2) is 10.7 Å². The zero-order chi connectivity index (χ0) is 10.7. The summed E-state index contributed by atoms with van der Waals surface area (Å²) in [6, 6.07) is 2.06. The van der Waals surface area contributed by atoms with Gasteiger partial charge in [-0.1, -0.05) is 0 Å². The number of halogens is 1. The molecule has 0 bridgehead atoms. The molecule has 0 aliphatic rings. The molecule has 0 atom stereocenters. The monoisotopic (exact) mass is 258 g/mol. The van der Waals surface area contributed by atoms with E-state index >= 15 is 0 Å². The Morgan fingerprint density at radius 2 is 2.14 bits per heavy atom.